The van der Waals surface area contributed by atoms with Gasteiger partial charge in [0.25, 0.3) is 0 Å². The van der Waals surface area contributed by atoms with Crippen molar-refractivity contribution in [2.45, 2.75) is 52.4 Å². The molecule has 0 aliphatic rings. The molecular weight excluding hydrogens is 258 g/mol. The second kappa shape index (κ2) is 7.00. The summed E-state index contributed by atoms with van der Waals surface area (Å²) in [6.45, 7) is 15.3. The molecule has 21 heavy (non-hydrogen) atoms. The third-order valence-electron chi connectivity index (χ3n) is 3.41. The first kappa shape index (κ1) is 17.6. The smallest absolute Gasteiger partial charge is 0.119 e. The van der Waals surface area contributed by atoms with Gasteiger partial charge in [-0.25, -0.2) is 0 Å². The zero-order valence-electron chi connectivity index (χ0n) is 14.3. The van der Waals surface area contributed by atoms with E-state index in [0.717, 1.165) is 12.3 Å². The summed E-state index contributed by atoms with van der Waals surface area (Å²) in [6, 6.07) is 6.59. The minimum atomic E-state index is 0.112. The van der Waals surface area contributed by atoms with E-state index in [1.54, 1.807) is 0 Å². The van der Waals surface area contributed by atoms with Gasteiger partial charge in [0.15, 0.2) is 0 Å². The summed E-state index contributed by atoms with van der Waals surface area (Å²) in [5.74, 6) is 3.50. The lowest BCUT2D eigenvalue weighted by Gasteiger charge is -2.26. The van der Waals surface area contributed by atoms with Gasteiger partial charge in [-0.2, -0.15) is 0 Å². The predicted molar refractivity (Wildman–Crippen MR) is 91.0 cm³/mol. The first-order valence-corrected chi connectivity index (χ1v) is 7.57. The maximum absolute atomic E-state index is 5.89. The molecule has 0 spiro atoms. The van der Waals surface area contributed by atoms with Gasteiger partial charge < -0.3 is 10.1 Å². The molecular formula is C19H29NO. The maximum Gasteiger partial charge on any atom is 0.119 e. The van der Waals surface area contributed by atoms with Gasteiger partial charge in [0.05, 0.1) is 6.54 Å². The lowest BCUT2D eigenvalue weighted by molar-refractivity contribution is 0.315. The zero-order chi connectivity index (χ0) is 16.1. The van der Waals surface area contributed by atoms with Gasteiger partial charge in [0.2, 0.25) is 0 Å². The first-order valence-electron chi connectivity index (χ1n) is 7.57. The Morgan fingerprint density at radius 1 is 1.00 bits per heavy atom. The van der Waals surface area contributed by atoms with Crippen LogP contribution < -0.4 is 10.1 Å². The van der Waals surface area contributed by atoms with Crippen molar-refractivity contribution < 1.29 is 4.74 Å². The lowest BCUT2D eigenvalue weighted by Crippen LogP contribution is -2.22. The van der Waals surface area contributed by atoms with Crippen molar-refractivity contribution in [1.29, 1.82) is 0 Å². The molecule has 0 amide bonds. The summed E-state index contributed by atoms with van der Waals surface area (Å²) in [5, 5.41) is 3.13. The molecule has 0 atom stereocenters. The summed E-state index contributed by atoms with van der Waals surface area (Å²) in [4.78, 5) is 0. The Morgan fingerprint density at radius 2 is 1.52 bits per heavy atom. The second-order valence-electron chi connectivity index (χ2n) is 7.48. The van der Waals surface area contributed by atoms with Crippen molar-refractivity contribution in [3.63, 3.8) is 0 Å². The Bertz CT molecular complexity index is 466. The van der Waals surface area contributed by atoms with Crippen molar-refractivity contribution in [1.82, 2.24) is 5.32 Å². The molecule has 0 bridgehead atoms. The largest absolute Gasteiger partial charge is 0.492 e. The Labute approximate surface area is 130 Å². The minimum Gasteiger partial charge on any atom is -0.492 e. The van der Waals surface area contributed by atoms with Gasteiger partial charge in [-0.05, 0) is 34.1 Å². The Balaban J connectivity index is 2.91. The maximum atomic E-state index is 5.89. The SMILES string of the molecule is C#CCNCCOc1cc(C(C)(C)C)cc(C(C)(C)C)c1. The van der Waals surface area contributed by atoms with Crippen molar-refractivity contribution >= 4 is 0 Å². The van der Waals surface area contributed by atoms with E-state index < -0.39 is 0 Å². The molecule has 0 saturated heterocycles. The monoisotopic (exact) mass is 287 g/mol. The molecule has 1 rings (SSSR count). The number of terminal acetylenes is 1. The number of benzene rings is 1. The Kier molecular flexibility index (Phi) is 5.87. The van der Waals surface area contributed by atoms with E-state index >= 15 is 0 Å². The zero-order valence-corrected chi connectivity index (χ0v) is 14.3. The van der Waals surface area contributed by atoms with Crippen molar-refractivity contribution in [2.24, 2.45) is 0 Å². The molecule has 0 aliphatic carbocycles. The predicted octanol–water partition coefficient (Wildman–Crippen LogP) is 3.88. The number of nitrogens with one attached hydrogen (secondary N) is 1. The Morgan fingerprint density at radius 3 is 1.95 bits per heavy atom. The number of rotatable bonds is 5. The Hall–Kier alpha value is -1.46. The van der Waals surface area contributed by atoms with Crippen molar-refractivity contribution in [2.75, 3.05) is 19.7 Å². The van der Waals surface area contributed by atoms with E-state index in [4.69, 9.17) is 11.2 Å². The highest BCUT2D eigenvalue weighted by molar-refractivity contribution is 5.40. The standard InChI is InChI=1S/C19H29NO/c1-8-9-20-10-11-21-17-13-15(18(2,3)4)12-16(14-17)19(5,6)7/h1,12-14,20H,9-11H2,2-7H3. The van der Waals surface area contributed by atoms with Crippen LogP contribution in [0.1, 0.15) is 52.7 Å². The van der Waals surface area contributed by atoms with Gasteiger partial charge in [-0.1, -0.05) is 53.5 Å². The van der Waals surface area contributed by atoms with Crippen LogP contribution in [-0.2, 0) is 10.8 Å². The molecule has 0 fully saturated rings. The summed E-state index contributed by atoms with van der Waals surface area (Å²) < 4.78 is 5.89. The molecule has 0 aromatic heterocycles. The molecule has 1 aromatic carbocycles. The molecule has 2 nitrogen and oxygen atoms in total. The average molecular weight is 287 g/mol. The highest BCUT2D eigenvalue weighted by Gasteiger charge is 2.20. The fourth-order valence-corrected chi connectivity index (χ4v) is 1.95. The van der Waals surface area contributed by atoms with Crippen LogP contribution >= 0.6 is 0 Å². The molecule has 0 unspecified atom stereocenters. The van der Waals surface area contributed by atoms with Crippen LogP contribution in [-0.4, -0.2) is 19.7 Å². The molecule has 0 saturated carbocycles. The summed E-state index contributed by atoms with van der Waals surface area (Å²) in [6.07, 6.45) is 5.20. The van der Waals surface area contributed by atoms with Crippen LogP contribution in [0.15, 0.2) is 18.2 Å². The van der Waals surface area contributed by atoms with Crippen LogP contribution in [0.25, 0.3) is 0 Å². The summed E-state index contributed by atoms with van der Waals surface area (Å²) in [7, 11) is 0. The first-order chi connectivity index (χ1) is 9.64. The highest BCUT2D eigenvalue weighted by Crippen LogP contribution is 2.32. The third kappa shape index (κ3) is 5.81. The molecule has 1 aromatic rings. The van der Waals surface area contributed by atoms with E-state index in [1.807, 2.05) is 0 Å². The molecule has 0 radical (unpaired) electrons. The van der Waals surface area contributed by atoms with Crippen LogP contribution in [0, 0.1) is 12.3 Å². The van der Waals surface area contributed by atoms with E-state index in [0.29, 0.717) is 13.2 Å². The van der Waals surface area contributed by atoms with Crippen LogP contribution in [0.5, 0.6) is 5.75 Å². The summed E-state index contributed by atoms with van der Waals surface area (Å²) >= 11 is 0. The van der Waals surface area contributed by atoms with Gasteiger partial charge in [-0.3, -0.25) is 0 Å². The topological polar surface area (TPSA) is 21.3 Å². The van der Waals surface area contributed by atoms with Crippen LogP contribution in [0.3, 0.4) is 0 Å². The van der Waals surface area contributed by atoms with Crippen molar-refractivity contribution in [3.05, 3.63) is 29.3 Å². The minimum absolute atomic E-state index is 0.112. The molecule has 116 valence electrons. The summed E-state index contributed by atoms with van der Waals surface area (Å²) in [5.41, 5.74) is 2.84. The van der Waals surface area contributed by atoms with Gasteiger partial charge in [0.1, 0.15) is 12.4 Å². The number of hydrogen-bond acceptors (Lipinski definition) is 2. The molecule has 2 heteroatoms. The van der Waals surface area contributed by atoms with E-state index in [1.165, 1.54) is 11.1 Å². The number of ether oxygens (including phenoxy) is 1. The fraction of sp³-hybridized carbons (Fsp3) is 0.579. The quantitative estimate of drug-likeness (QED) is 0.655. The van der Waals surface area contributed by atoms with Crippen LogP contribution in [0.2, 0.25) is 0 Å². The third-order valence-corrected chi connectivity index (χ3v) is 3.41. The fourth-order valence-electron chi connectivity index (χ4n) is 1.95. The van der Waals surface area contributed by atoms with E-state index in [2.05, 4.69) is 71.0 Å². The van der Waals surface area contributed by atoms with Gasteiger partial charge in [0, 0.05) is 6.54 Å². The van der Waals surface area contributed by atoms with E-state index in [-0.39, 0.29) is 10.8 Å². The van der Waals surface area contributed by atoms with Gasteiger partial charge >= 0.3 is 0 Å². The van der Waals surface area contributed by atoms with Gasteiger partial charge in [-0.15, -0.1) is 6.42 Å². The van der Waals surface area contributed by atoms with Crippen LogP contribution in [0.4, 0.5) is 0 Å². The van der Waals surface area contributed by atoms with Crippen molar-refractivity contribution in [3.8, 4) is 18.1 Å². The normalized spacial score (nSPS) is 12.0. The second-order valence-corrected chi connectivity index (χ2v) is 7.48. The molecule has 0 heterocycles. The molecule has 1 N–H and O–H groups in total. The van der Waals surface area contributed by atoms with E-state index in [9.17, 15) is 0 Å². The lowest BCUT2D eigenvalue weighted by atomic mass is 9.80. The average Bonchev–Trinajstić information content (AvgIpc) is 2.36. The number of hydrogen-bond donors (Lipinski definition) is 1. The highest BCUT2D eigenvalue weighted by atomic mass is 16.5. The molecule has 0 aliphatic heterocycles.